The third-order valence-electron chi connectivity index (χ3n) is 5.67. The number of Topliss-reactive ketones (excluding diaryl/α,β-unsaturated/α-hetero) is 1. The van der Waals surface area contributed by atoms with Crippen molar-refractivity contribution < 1.29 is 44.1 Å². The number of fused-ring (bicyclic) bond motifs is 1. The number of nitrogens with zero attached hydrogens (tertiary/aromatic N) is 2. The van der Waals surface area contributed by atoms with Crippen LogP contribution in [0.3, 0.4) is 0 Å². The highest BCUT2D eigenvalue weighted by Gasteiger charge is 2.40. The molecule has 1 aromatic carbocycles. The SMILES string of the molecule is CC(C)c1cc(CCC(=O)c2ccc3nc(C(C(=O)NCCS(N)(=O)=O)S(=O)(=O)CCC(F)(F)F)sc3c2)on1. The lowest BCUT2D eigenvalue weighted by molar-refractivity contribution is -0.130. The number of aromatic nitrogens is 2. The molecule has 3 N–H and O–H groups in total. The average Bonchev–Trinajstić information content (AvgIpc) is 3.46. The maximum absolute atomic E-state index is 12.9. The number of rotatable bonds is 13. The number of nitrogens with two attached hydrogens (primary N) is 1. The first-order valence-corrected chi connectivity index (χ1v) is 16.2. The van der Waals surface area contributed by atoms with Crippen LogP contribution in [0, 0.1) is 0 Å². The highest BCUT2D eigenvalue weighted by atomic mass is 32.2. The number of sulfonamides is 1. The van der Waals surface area contributed by atoms with Gasteiger partial charge in [0, 0.05) is 31.0 Å². The molecular weight excluding hydrogens is 597 g/mol. The number of halogens is 3. The van der Waals surface area contributed by atoms with Crippen LogP contribution < -0.4 is 10.5 Å². The predicted molar refractivity (Wildman–Crippen MR) is 141 cm³/mol. The number of amides is 1. The topological polar surface area (TPSA) is 179 Å². The molecule has 3 aromatic rings. The highest BCUT2D eigenvalue weighted by molar-refractivity contribution is 7.92. The number of alkyl halides is 3. The van der Waals surface area contributed by atoms with Crippen LogP contribution in [0.2, 0.25) is 0 Å². The van der Waals surface area contributed by atoms with Gasteiger partial charge in [-0.2, -0.15) is 13.2 Å². The lowest BCUT2D eigenvalue weighted by atomic mass is 10.0. The summed E-state index contributed by atoms with van der Waals surface area (Å²) >= 11 is 0.729. The first kappa shape index (κ1) is 31.6. The Morgan fingerprint density at radius 2 is 1.82 bits per heavy atom. The molecule has 0 saturated heterocycles. The fraction of sp³-hybridized carbons (Fsp3) is 0.478. The largest absolute Gasteiger partial charge is 0.390 e. The summed E-state index contributed by atoms with van der Waals surface area (Å²) in [6.45, 7) is 3.34. The van der Waals surface area contributed by atoms with Crippen molar-refractivity contribution in [3.8, 4) is 0 Å². The molecule has 17 heteroatoms. The van der Waals surface area contributed by atoms with E-state index in [0.717, 1.165) is 17.0 Å². The lowest BCUT2D eigenvalue weighted by Gasteiger charge is -2.16. The molecule has 0 saturated carbocycles. The third kappa shape index (κ3) is 8.81. The molecule has 0 radical (unpaired) electrons. The van der Waals surface area contributed by atoms with Crippen LogP contribution in [0.25, 0.3) is 10.2 Å². The van der Waals surface area contributed by atoms with Crippen molar-refractivity contribution in [2.24, 2.45) is 5.14 Å². The van der Waals surface area contributed by atoms with Gasteiger partial charge in [0.1, 0.15) is 10.8 Å². The van der Waals surface area contributed by atoms with Gasteiger partial charge in [-0.3, -0.25) is 9.59 Å². The number of benzene rings is 1. The maximum Gasteiger partial charge on any atom is 0.390 e. The van der Waals surface area contributed by atoms with E-state index in [1.807, 2.05) is 13.8 Å². The van der Waals surface area contributed by atoms with E-state index in [4.69, 9.17) is 9.66 Å². The number of aryl methyl sites for hydroxylation is 1. The summed E-state index contributed by atoms with van der Waals surface area (Å²) < 4.78 is 92.0. The number of ketones is 1. The maximum atomic E-state index is 12.9. The van der Waals surface area contributed by atoms with Gasteiger partial charge in [-0.1, -0.05) is 19.0 Å². The zero-order valence-corrected chi connectivity index (χ0v) is 23.8. The Bertz CT molecular complexity index is 1600. The quantitative estimate of drug-likeness (QED) is 0.270. The van der Waals surface area contributed by atoms with Crippen molar-refractivity contribution in [2.45, 2.75) is 50.5 Å². The Labute approximate surface area is 232 Å². The number of nitrogens with one attached hydrogen (secondary N) is 1. The van der Waals surface area contributed by atoms with Gasteiger partial charge in [-0.25, -0.2) is 27.0 Å². The number of thiazole rings is 1. The second kappa shape index (κ2) is 12.3. The predicted octanol–water partition coefficient (Wildman–Crippen LogP) is 3.04. The number of carbonyl (C=O) groups excluding carboxylic acids is 2. The van der Waals surface area contributed by atoms with Crippen molar-refractivity contribution in [2.75, 3.05) is 18.1 Å². The number of hydrogen-bond donors (Lipinski definition) is 2. The van der Waals surface area contributed by atoms with Crippen molar-refractivity contribution >= 4 is 53.1 Å². The molecule has 0 bridgehead atoms. The van der Waals surface area contributed by atoms with E-state index in [9.17, 15) is 39.6 Å². The average molecular weight is 625 g/mol. The van der Waals surface area contributed by atoms with E-state index in [0.29, 0.717) is 16.9 Å². The Hall–Kier alpha value is -2.89. The smallest absolute Gasteiger partial charge is 0.361 e. The Balaban J connectivity index is 1.85. The van der Waals surface area contributed by atoms with Gasteiger partial charge in [0.2, 0.25) is 15.9 Å². The molecule has 1 unspecified atom stereocenters. The molecule has 1 atom stereocenters. The molecule has 1 amide bonds. The minimum Gasteiger partial charge on any atom is -0.361 e. The molecule has 2 aromatic heterocycles. The minimum absolute atomic E-state index is 0.0881. The van der Waals surface area contributed by atoms with Gasteiger partial charge in [-0.15, -0.1) is 11.3 Å². The van der Waals surface area contributed by atoms with E-state index in [2.05, 4.69) is 15.5 Å². The molecule has 11 nitrogen and oxygen atoms in total. The number of primary sulfonamides is 1. The number of sulfone groups is 1. The van der Waals surface area contributed by atoms with Gasteiger partial charge in [0.05, 0.1) is 33.8 Å². The highest BCUT2D eigenvalue weighted by Crippen LogP contribution is 2.34. The van der Waals surface area contributed by atoms with Crippen LogP contribution in [0.5, 0.6) is 0 Å². The third-order valence-corrected chi connectivity index (χ3v) is 9.61. The fourth-order valence-electron chi connectivity index (χ4n) is 3.54. The molecule has 3 rings (SSSR count). The molecular formula is C23H27F3N4O7S3. The van der Waals surface area contributed by atoms with Crippen LogP contribution >= 0.6 is 11.3 Å². The summed E-state index contributed by atoms with van der Waals surface area (Å²) in [6, 6.07) is 6.13. The molecule has 0 fully saturated rings. The van der Waals surface area contributed by atoms with Crippen molar-refractivity contribution in [1.29, 1.82) is 0 Å². The van der Waals surface area contributed by atoms with Gasteiger partial charge >= 0.3 is 6.18 Å². The van der Waals surface area contributed by atoms with Crippen LogP contribution in [0.15, 0.2) is 28.8 Å². The first-order chi connectivity index (χ1) is 18.4. The van der Waals surface area contributed by atoms with Gasteiger partial charge < -0.3 is 9.84 Å². The van der Waals surface area contributed by atoms with Crippen molar-refractivity contribution in [3.63, 3.8) is 0 Å². The van der Waals surface area contributed by atoms with E-state index in [1.165, 1.54) is 18.2 Å². The van der Waals surface area contributed by atoms with Crippen LogP contribution in [-0.2, 0) is 31.1 Å². The minimum atomic E-state index is -4.80. The van der Waals surface area contributed by atoms with E-state index in [-0.39, 0.29) is 34.2 Å². The summed E-state index contributed by atoms with van der Waals surface area (Å²) in [6.07, 6.45) is -6.11. The summed E-state index contributed by atoms with van der Waals surface area (Å²) in [5.74, 6) is -2.90. The summed E-state index contributed by atoms with van der Waals surface area (Å²) in [5, 5.41) is 8.47. The lowest BCUT2D eigenvalue weighted by Crippen LogP contribution is -2.38. The van der Waals surface area contributed by atoms with E-state index < -0.39 is 61.7 Å². The Kier molecular flexibility index (Phi) is 9.74. The van der Waals surface area contributed by atoms with Crippen LogP contribution in [0.1, 0.15) is 64.7 Å². The number of hydrogen-bond acceptors (Lipinski definition) is 10. The zero-order chi connectivity index (χ0) is 29.9. The van der Waals surface area contributed by atoms with E-state index >= 15 is 0 Å². The summed E-state index contributed by atoms with van der Waals surface area (Å²) in [4.78, 5) is 29.7. The molecule has 0 aliphatic carbocycles. The summed E-state index contributed by atoms with van der Waals surface area (Å²) in [5.41, 5.74) is 1.26. The molecule has 220 valence electrons. The van der Waals surface area contributed by atoms with Crippen molar-refractivity contribution in [1.82, 2.24) is 15.5 Å². The van der Waals surface area contributed by atoms with Crippen molar-refractivity contribution in [3.05, 3.63) is 46.3 Å². The molecule has 0 aliphatic heterocycles. The second-order valence-corrected chi connectivity index (χ2v) is 14.3. The zero-order valence-electron chi connectivity index (χ0n) is 21.4. The molecule has 0 aliphatic rings. The molecule has 2 heterocycles. The number of carbonyl (C=O) groups is 2. The molecule has 40 heavy (non-hydrogen) atoms. The Morgan fingerprint density at radius 1 is 1.12 bits per heavy atom. The second-order valence-electron chi connectivity index (χ2n) is 9.30. The van der Waals surface area contributed by atoms with Gasteiger partial charge in [-0.05, 0) is 24.1 Å². The Morgan fingerprint density at radius 3 is 2.42 bits per heavy atom. The fourth-order valence-corrected chi connectivity index (χ4v) is 7.02. The van der Waals surface area contributed by atoms with Crippen LogP contribution in [-0.4, -0.2) is 62.9 Å². The monoisotopic (exact) mass is 624 g/mol. The summed E-state index contributed by atoms with van der Waals surface area (Å²) in [7, 11) is -8.74. The van der Waals surface area contributed by atoms with E-state index in [1.54, 1.807) is 6.07 Å². The normalized spacial score (nSPS) is 13.6. The molecule has 0 spiro atoms. The standard InChI is InChI=1S/C23H27F3N4O7S3/c1-13(2)17-12-15(37-30-17)4-6-18(31)14-3-5-16-19(11-14)38-22(29-16)20(21(32)28-8-10-40(27,35)36)39(33,34)9-7-23(24,25)26/h3,5,11-13,20H,4,6-10H2,1-2H3,(H,28,32)(H2,27,35,36). The van der Waals surface area contributed by atoms with Gasteiger partial charge in [0.15, 0.2) is 20.9 Å². The van der Waals surface area contributed by atoms with Crippen LogP contribution in [0.4, 0.5) is 13.2 Å². The van der Waals surface area contributed by atoms with Gasteiger partial charge in [0.25, 0.3) is 0 Å². The first-order valence-electron chi connectivity index (χ1n) is 11.9.